The summed E-state index contributed by atoms with van der Waals surface area (Å²) in [5, 5.41) is 3.36. The van der Waals surface area contributed by atoms with E-state index in [9.17, 15) is 18.0 Å². The number of halogens is 1. The zero-order valence-corrected chi connectivity index (χ0v) is 27.3. The van der Waals surface area contributed by atoms with Gasteiger partial charge in [0.25, 0.3) is 10.0 Å². The zero-order valence-electron chi connectivity index (χ0n) is 25.7. The van der Waals surface area contributed by atoms with E-state index in [-0.39, 0.29) is 29.0 Å². The molecular weight excluding hydrogens is 590 g/mol. The second-order valence-corrected chi connectivity index (χ2v) is 13.1. The van der Waals surface area contributed by atoms with E-state index in [2.05, 4.69) is 5.32 Å². The summed E-state index contributed by atoms with van der Waals surface area (Å²) in [6, 6.07) is 15.7. The lowest BCUT2D eigenvalue weighted by molar-refractivity contribution is -0.139. The maximum Gasteiger partial charge on any atom is 0.264 e. The molecular formula is C32H40ClN3O6S. The maximum atomic E-state index is 14.2. The van der Waals surface area contributed by atoms with Gasteiger partial charge in [0, 0.05) is 24.2 Å². The summed E-state index contributed by atoms with van der Waals surface area (Å²) in [5.41, 5.74) is 2.67. The van der Waals surface area contributed by atoms with Crippen LogP contribution in [0.2, 0.25) is 5.02 Å². The molecule has 0 aliphatic heterocycles. The van der Waals surface area contributed by atoms with Crippen LogP contribution in [0, 0.1) is 19.8 Å². The number of nitrogens with zero attached hydrogens (tertiary/aromatic N) is 2. The van der Waals surface area contributed by atoms with E-state index in [4.69, 9.17) is 21.1 Å². The third kappa shape index (κ3) is 8.64. The zero-order chi connectivity index (χ0) is 31.9. The number of carbonyl (C=O) groups excluding carboxylic acids is 2. The summed E-state index contributed by atoms with van der Waals surface area (Å²) in [4.78, 5) is 28.6. The molecule has 232 valence electrons. The summed E-state index contributed by atoms with van der Waals surface area (Å²) in [5.74, 6) is -0.0993. The van der Waals surface area contributed by atoms with Crippen molar-refractivity contribution in [2.24, 2.45) is 5.92 Å². The highest BCUT2D eigenvalue weighted by molar-refractivity contribution is 7.92. The number of amides is 2. The topological polar surface area (TPSA) is 105 Å². The Bertz CT molecular complexity index is 1540. The average Bonchev–Trinajstić information content (AvgIpc) is 2.95. The molecule has 0 radical (unpaired) electrons. The molecule has 0 saturated heterocycles. The quantitative estimate of drug-likeness (QED) is 0.273. The molecule has 0 aliphatic rings. The molecule has 2 amide bonds. The third-order valence-electron chi connectivity index (χ3n) is 6.81. The molecule has 0 aliphatic carbocycles. The summed E-state index contributed by atoms with van der Waals surface area (Å²) in [6.45, 7) is 9.21. The molecule has 0 spiro atoms. The number of anilines is 1. The van der Waals surface area contributed by atoms with Crippen molar-refractivity contribution in [3.05, 3.63) is 82.4 Å². The predicted molar refractivity (Wildman–Crippen MR) is 169 cm³/mol. The first-order chi connectivity index (χ1) is 20.3. The lowest BCUT2D eigenvalue weighted by atomic mass is 10.1. The van der Waals surface area contributed by atoms with Crippen LogP contribution in [-0.2, 0) is 26.2 Å². The van der Waals surface area contributed by atoms with Crippen LogP contribution in [0.15, 0.2) is 65.6 Å². The van der Waals surface area contributed by atoms with Crippen molar-refractivity contribution in [3.63, 3.8) is 0 Å². The predicted octanol–water partition coefficient (Wildman–Crippen LogP) is 5.36. The van der Waals surface area contributed by atoms with Crippen LogP contribution in [0.4, 0.5) is 5.69 Å². The van der Waals surface area contributed by atoms with Gasteiger partial charge in [-0.3, -0.25) is 13.9 Å². The molecule has 0 fully saturated rings. The lowest BCUT2D eigenvalue weighted by Crippen LogP contribution is -2.51. The molecule has 0 aromatic heterocycles. The van der Waals surface area contributed by atoms with E-state index >= 15 is 0 Å². The van der Waals surface area contributed by atoms with E-state index in [1.807, 2.05) is 33.8 Å². The van der Waals surface area contributed by atoms with E-state index in [0.717, 1.165) is 15.4 Å². The Kier molecular flexibility index (Phi) is 11.5. The first-order valence-electron chi connectivity index (χ1n) is 13.9. The van der Waals surface area contributed by atoms with Crippen LogP contribution in [0.1, 0.15) is 37.5 Å². The van der Waals surface area contributed by atoms with Crippen molar-refractivity contribution in [1.82, 2.24) is 10.2 Å². The van der Waals surface area contributed by atoms with Gasteiger partial charge >= 0.3 is 0 Å². The molecule has 43 heavy (non-hydrogen) atoms. The van der Waals surface area contributed by atoms with Gasteiger partial charge in [-0.15, -0.1) is 0 Å². The summed E-state index contributed by atoms with van der Waals surface area (Å²) in [6.07, 6.45) is 0. The molecule has 9 nitrogen and oxygen atoms in total. The van der Waals surface area contributed by atoms with Crippen LogP contribution in [0.5, 0.6) is 11.5 Å². The maximum absolute atomic E-state index is 14.2. The van der Waals surface area contributed by atoms with Crippen molar-refractivity contribution in [1.29, 1.82) is 0 Å². The number of aryl methyl sites for hydroxylation is 2. The van der Waals surface area contributed by atoms with Crippen molar-refractivity contribution < 1.29 is 27.5 Å². The minimum absolute atomic E-state index is 0.0484. The van der Waals surface area contributed by atoms with Gasteiger partial charge in [-0.1, -0.05) is 43.6 Å². The van der Waals surface area contributed by atoms with Gasteiger partial charge in [-0.05, 0) is 79.8 Å². The highest BCUT2D eigenvalue weighted by atomic mass is 35.5. The third-order valence-corrected chi connectivity index (χ3v) is 8.82. The molecule has 3 rings (SSSR count). The second kappa shape index (κ2) is 14.6. The Morgan fingerprint density at radius 3 is 2.14 bits per heavy atom. The Morgan fingerprint density at radius 1 is 0.907 bits per heavy atom. The summed E-state index contributed by atoms with van der Waals surface area (Å²) >= 11 is 6.21. The minimum Gasteiger partial charge on any atom is -0.493 e. The molecule has 0 heterocycles. The highest BCUT2D eigenvalue weighted by Gasteiger charge is 2.33. The Balaban J connectivity index is 2.09. The molecule has 3 aromatic carbocycles. The minimum atomic E-state index is -4.29. The number of rotatable bonds is 13. The van der Waals surface area contributed by atoms with E-state index < -0.39 is 28.5 Å². The summed E-state index contributed by atoms with van der Waals surface area (Å²) in [7, 11) is -1.42. The molecule has 1 unspecified atom stereocenters. The first kappa shape index (κ1) is 33.7. The van der Waals surface area contributed by atoms with Gasteiger partial charge in [0.15, 0.2) is 11.5 Å². The number of carbonyl (C=O) groups is 2. The van der Waals surface area contributed by atoms with E-state index in [1.165, 1.54) is 37.3 Å². The molecule has 0 bridgehead atoms. The fraction of sp³-hybridized carbons (Fsp3) is 0.375. The molecule has 1 atom stereocenters. The van der Waals surface area contributed by atoms with E-state index in [0.29, 0.717) is 28.6 Å². The van der Waals surface area contributed by atoms with Crippen LogP contribution in [-0.4, -0.2) is 58.5 Å². The molecule has 0 saturated carbocycles. The van der Waals surface area contributed by atoms with Crippen molar-refractivity contribution in [2.45, 2.75) is 52.1 Å². The molecule has 3 aromatic rings. The van der Waals surface area contributed by atoms with Crippen molar-refractivity contribution in [3.8, 4) is 11.5 Å². The van der Waals surface area contributed by atoms with Crippen LogP contribution in [0.3, 0.4) is 0 Å². The summed E-state index contributed by atoms with van der Waals surface area (Å²) < 4.78 is 40.2. The number of sulfonamides is 1. The van der Waals surface area contributed by atoms with Gasteiger partial charge < -0.3 is 19.7 Å². The highest BCUT2D eigenvalue weighted by Crippen LogP contribution is 2.33. The largest absolute Gasteiger partial charge is 0.493 e. The Morgan fingerprint density at radius 2 is 1.56 bits per heavy atom. The normalized spacial score (nSPS) is 12.0. The molecule has 1 N–H and O–H groups in total. The van der Waals surface area contributed by atoms with Crippen LogP contribution < -0.4 is 19.1 Å². The fourth-order valence-electron chi connectivity index (χ4n) is 4.59. The molecule has 11 heteroatoms. The Labute approximate surface area is 259 Å². The van der Waals surface area contributed by atoms with E-state index in [1.54, 1.807) is 43.3 Å². The standard InChI is InChI=1S/C32H40ClN3O6S/c1-21(2)18-34-32(38)24(5)35(19-25-9-8-10-26(33)16-25)31(37)20-36(27-14-22(3)13-23(4)15-27)43(39,40)28-11-12-29(41-6)30(17-28)42-7/h8-17,21,24H,18-20H2,1-7H3,(H,34,38). The second-order valence-electron chi connectivity index (χ2n) is 10.8. The number of hydrogen-bond donors (Lipinski definition) is 1. The number of benzene rings is 3. The monoisotopic (exact) mass is 629 g/mol. The van der Waals surface area contributed by atoms with Crippen LogP contribution in [0.25, 0.3) is 0 Å². The number of methoxy groups -OCH3 is 2. The van der Waals surface area contributed by atoms with Crippen LogP contribution >= 0.6 is 11.6 Å². The fourth-order valence-corrected chi connectivity index (χ4v) is 6.22. The van der Waals surface area contributed by atoms with Gasteiger partial charge in [0.05, 0.1) is 24.8 Å². The van der Waals surface area contributed by atoms with Gasteiger partial charge in [0.2, 0.25) is 11.8 Å². The SMILES string of the molecule is COc1ccc(S(=O)(=O)N(CC(=O)N(Cc2cccc(Cl)c2)C(C)C(=O)NCC(C)C)c2cc(C)cc(C)c2)cc1OC. The first-order valence-corrected chi connectivity index (χ1v) is 15.7. The lowest BCUT2D eigenvalue weighted by Gasteiger charge is -2.32. The number of hydrogen-bond acceptors (Lipinski definition) is 6. The van der Waals surface area contributed by atoms with Crippen molar-refractivity contribution >= 4 is 39.1 Å². The Hall–Kier alpha value is -3.76. The smallest absolute Gasteiger partial charge is 0.264 e. The number of ether oxygens (including phenoxy) is 2. The van der Waals surface area contributed by atoms with Gasteiger partial charge in [-0.25, -0.2) is 8.42 Å². The average molecular weight is 630 g/mol. The van der Waals surface area contributed by atoms with Gasteiger partial charge in [0.1, 0.15) is 12.6 Å². The number of nitrogens with one attached hydrogen (secondary N) is 1. The van der Waals surface area contributed by atoms with Gasteiger partial charge in [-0.2, -0.15) is 0 Å². The van der Waals surface area contributed by atoms with Crippen molar-refractivity contribution in [2.75, 3.05) is 31.6 Å².